The first kappa shape index (κ1) is 28.8. The molecule has 0 aliphatic carbocycles. The molecule has 0 aliphatic rings. The minimum absolute atomic E-state index is 0.113. The first-order valence-corrected chi connectivity index (χ1v) is 10.6. The zero-order chi connectivity index (χ0) is 22.8. The lowest BCUT2D eigenvalue weighted by Crippen LogP contribution is -2.16. The van der Waals surface area contributed by atoms with E-state index in [1.165, 1.54) is 18.2 Å². The lowest BCUT2D eigenvalue weighted by molar-refractivity contribution is 0.0433. The topological polar surface area (TPSA) is 78.9 Å². The average molecular weight is 411 g/mol. The molecule has 0 bridgehead atoms. The minimum Gasteiger partial charge on any atom is -0.462 e. The predicted octanol–water partition coefficient (Wildman–Crippen LogP) is 5.69. The summed E-state index contributed by atoms with van der Waals surface area (Å²) in [5, 5.41) is 0. The van der Waals surface area contributed by atoms with E-state index in [4.69, 9.17) is 14.2 Å². The van der Waals surface area contributed by atoms with Gasteiger partial charge < -0.3 is 14.2 Å². The van der Waals surface area contributed by atoms with Crippen molar-refractivity contribution >= 4 is 17.9 Å². The van der Waals surface area contributed by atoms with E-state index >= 15 is 0 Å². The lowest BCUT2D eigenvalue weighted by Gasteiger charge is -2.13. The van der Waals surface area contributed by atoms with Crippen LogP contribution in [-0.4, -0.2) is 37.7 Å². The van der Waals surface area contributed by atoms with E-state index < -0.39 is 17.9 Å². The third kappa shape index (κ3) is 10.7. The van der Waals surface area contributed by atoms with E-state index in [1.54, 1.807) is 13.8 Å². The fourth-order valence-corrected chi connectivity index (χ4v) is 2.21. The molecule has 0 radical (unpaired) electrons. The SMILES string of the molecule is CC.CC.CCOC(=O)c1cc(C(=O)OCC)cc(C(=O)OCC(CC)CC)c1. The van der Waals surface area contributed by atoms with Crippen molar-refractivity contribution in [2.75, 3.05) is 19.8 Å². The van der Waals surface area contributed by atoms with Crippen LogP contribution in [0, 0.1) is 5.92 Å². The van der Waals surface area contributed by atoms with Crippen LogP contribution in [-0.2, 0) is 14.2 Å². The van der Waals surface area contributed by atoms with Crippen molar-refractivity contribution in [1.82, 2.24) is 0 Å². The minimum atomic E-state index is -0.609. The molecule has 29 heavy (non-hydrogen) atoms. The standard InChI is InChI=1S/C19H26O6.2C2H6/c1-5-13(6-2)12-25-19(22)16-10-14(17(20)23-7-3)9-15(11-16)18(21)24-8-4;2*1-2/h9-11,13H,5-8,12H2,1-4H3;2*1-2H3. The van der Waals surface area contributed by atoms with Gasteiger partial charge in [-0.05, 0) is 38.0 Å². The zero-order valence-corrected chi connectivity index (χ0v) is 19.3. The smallest absolute Gasteiger partial charge is 0.338 e. The van der Waals surface area contributed by atoms with Gasteiger partial charge in [0.25, 0.3) is 0 Å². The van der Waals surface area contributed by atoms with Gasteiger partial charge in [0, 0.05) is 0 Å². The third-order valence-corrected chi connectivity index (χ3v) is 3.80. The number of ether oxygens (including phenoxy) is 3. The maximum absolute atomic E-state index is 12.3. The largest absolute Gasteiger partial charge is 0.462 e. The third-order valence-electron chi connectivity index (χ3n) is 3.80. The Kier molecular flexibility index (Phi) is 17.6. The fourth-order valence-electron chi connectivity index (χ4n) is 2.21. The van der Waals surface area contributed by atoms with E-state index in [0.29, 0.717) is 6.61 Å². The molecule has 0 aromatic heterocycles. The number of esters is 3. The molecule has 0 aliphatic heterocycles. The van der Waals surface area contributed by atoms with E-state index in [9.17, 15) is 14.4 Å². The van der Waals surface area contributed by atoms with Crippen LogP contribution in [0.3, 0.4) is 0 Å². The van der Waals surface area contributed by atoms with Crippen molar-refractivity contribution in [2.45, 2.75) is 68.2 Å². The quantitative estimate of drug-likeness (QED) is 0.385. The normalized spacial score (nSPS) is 9.41. The molecular formula is C23H38O6. The van der Waals surface area contributed by atoms with Crippen molar-refractivity contribution in [3.8, 4) is 0 Å². The average Bonchev–Trinajstić information content (AvgIpc) is 2.77. The van der Waals surface area contributed by atoms with Gasteiger partial charge >= 0.3 is 17.9 Å². The maximum atomic E-state index is 12.3. The van der Waals surface area contributed by atoms with Gasteiger partial charge in [0.15, 0.2) is 0 Å². The Morgan fingerprint density at radius 2 is 0.966 bits per heavy atom. The highest BCUT2D eigenvalue weighted by atomic mass is 16.5. The summed E-state index contributed by atoms with van der Waals surface area (Å²) in [5.41, 5.74) is 0.350. The summed E-state index contributed by atoms with van der Waals surface area (Å²) in [4.78, 5) is 36.3. The number of carbonyl (C=O) groups excluding carboxylic acids is 3. The summed E-state index contributed by atoms with van der Waals surface area (Å²) >= 11 is 0. The van der Waals surface area contributed by atoms with E-state index in [2.05, 4.69) is 0 Å². The van der Waals surface area contributed by atoms with E-state index in [-0.39, 0.29) is 35.8 Å². The highest BCUT2D eigenvalue weighted by molar-refractivity contribution is 6.00. The molecule has 166 valence electrons. The van der Waals surface area contributed by atoms with Crippen LogP contribution >= 0.6 is 0 Å². The molecule has 0 saturated carbocycles. The first-order valence-electron chi connectivity index (χ1n) is 10.6. The summed E-state index contributed by atoms with van der Waals surface area (Å²) in [5.74, 6) is -1.52. The van der Waals surface area contributed by atoms with Gasteiger partial charge in [0.05, 0.1) is 36.5 Å². The Hall–Kier alpha value is -2.37. The van der Waals surface area contributed by atoms with Crippen molar-refractivity contribution < 1.29 is 28.6 Å². The van der Waals surface area contributed by atoms with Crippen LogP contribution in [0.15, 0.2) is 18.2 Å². The van der Waals surface area contributed by atoms with Crippen LogP contribution in [0.5, 0.6) is 0 Å². The first-order chi connectivity index (χ1) is 14.0. The van der Waals surface area contributed by atoms with Crippen LogP contribution in [0.25, 0.3) is 0 Å². The summed E-state index contributed by atoms with van der Waals surface area (Å²) < 4.78 is 15.2. The van der Waals surface area contributed by atoms with Crippen LogP contribution in [0.4, 0.5) is 0 Å². The van der Waals surface area contributed by atoms with Gasteiger partial charge in [-0.15, -0.1) is 0 Å². The second-order valence-electron chi connectivity index (χ2n) is 5.52. The molecule has 0 fully saturated rings. The molecular weight excluding hydrogens is 372 g/mol. The predicted molar refractivity (Wildman–Crippen MR) is 115 cm³/mol. The Labute approximate surface area is 175 Å². The van der Waals surface area contributed by atoms with Gasteiger partial charge in [-0.2, -0.15) is 0 Å². The Balaban J connectivity index is 0. The highest BCUT2D eigenvalue weighted by Gasteiger charge is 2.19. The van der Waals surface area contributed by atoms with Crippen molar-refractivity contribution in [2.24, 2.45) is 5.92 Å². The molecule has 1 aromatic carbocycles. The molecule has 0 atom stereocenters. The zero-order valence-electron chi connectivity index (χ0n) is 19.3. The fraction of sp³-hybridized carbons (Fsp3) is 0.609. The van der Waals surface area contributed by atoms with Crippen molar-refractivity contribution in [3.63, 3.8) is 0 Å². The number of hydrogen-bond donors (Lipinski definition) is 0. The van der Waals surface area contributed by atoms with Crippen LogP contribution in [0.1, 0.15) is 99.3 Å². The van der Waals surface area contributed by atoms with Gasteiger partial charge in [-0.25, -0.2) is 14.4 Å². The van der Waals surface area contributed by atoms with Crippen LogP contribution < -0.4 is 0 Å². The van der Waals surface area contributed by atoms with Crippen LogP contribution in [0.2, 0.25) is 0 Å². The molecule has 0 spiro atoms. The molecule has 6 heteroatoms. The number of rotatable bonds is 9. The maximum Gasteiger partial charge on any atom is 0.338 e. The second-order valence-corrected chi connectivity index (χ2v) is 5.52. The Morgan fingerprint density at radius 3 is 1.24 bits per heavy atom. The second kappa shape index (κ2) is 17.7. The molecule has 0 saturated heterocycles. The molecule has 0 N–H and O–H groups in total. The highest BCUT2D eigenvalue weighted by Crippen LogP contribution is 2.16. The lowest BCUT2D eigenvalue weighted by atomic mass is 10.0. The molecule has 1 aromatic rings. The monoisotopic (exact) mass is 410 g/mol. The van der Waals surface area contributed by atoms with Crippen molar-refractivity contribution in [3.05, 3.63) is 34.9 Å². The molecule has 1 rings (SSSR count). The van der Waals surface area contributed by atoms with Gasteiger partial charge in [0.1, 0.15) is 0 Å². The van der Waals surface area contributed by atoms with E-state index in [1.807, 2.05) is 41.5 Å². The van der Waals surface area contributed by atoms with Gasteiger partial charge in [-0.1, -0.05) is 54.4 Å². The number of carbonyl (C=O) groups is 3. The van der Waals surface area contributed by atoms with Gasteiger partial charge in [0.2, 0.25) is 0 Å². The summed E-state index contributed by atoms with van der Waals surface area (Å²) in [6, 6.07) is 4.10. The summed E-state index contributed by atoms with van der Waals surface area (Å²) in [6.45, 7) is 16.1. The summed E-state index contributed by atoms with van der Waals surface area (Å²) in [6.07, 6.45) is 1.81. The van der Waals surface area contributed by atoms with Crippen molar-refractivity contribution in [1.29, 1.82) is 0 Å². The summed E-state index contributed by atoms with van der Waals surface area (Å²) in [7, 11) is 0. The Morgan fingerprint density at radius 1 is 0.655 bits per heavy atom. The Bertz CT molecular complexity index is 569. The van der Waals surface area contributed by atoms with E-state index in [0.717, 1.165) is 12.8 Å². The molecule has 0 heterocycles. The number of benzene rings is 1. The molecule has 6 nitrogen and oxygen atoms in total. The van der Waals surface area contributed by atoms with Gasteiger partial charge in [-0.3, -0.25) is 0 Å². The molecule has 0 amide bonds. The number of hydrogen-bond acceptors (Lipinski definition) is 6. The molecule has 0 unspecified atom stereocenters.